The van der Waals surface area contributed by atoms with E-state index in [2.05, 4.69) is 28.1 Å². The van der Waals surface area contributed by atoms with Crippen molar-refractivity contribution < 1.29 is 9.47 Å². The van der Waals surface area contributed by atoms with Crippen molar-refractivity contribution in [3.63, 3.8) is 0 Å². The van der Waals surface area contributed by atoms with E-state index in [1.54, 1.807) is 7.11 Å². The summed E-state index contributed by atoms with van der Waals surface area (Å²) < 4.78 is 11.5. The Bertz CT molecular complexity index is 331. The molecule has 4 heteroatoms. The Morgan fingerprint density at radius 1 is 1.24 bits per heavy atom. The van der Waals surface area contributed by atoms with Crippen LogP contribution >= 0.6 is 15.9 Å². The summed E-state index contributed by atoms with van der Waals surface area (Å²) in [5, 5.41) is 0. The Morgan fingerprint density at radius 2 is 2.06 bits per heavy atom. The molecule has 17 heavy (non-hydrogen) atoms. The zero-order valence-electron chi connectivity index (χ0n) is 10.2. The molecular formula is C13H20BrNO2. The maximum absolute atomic E-state index is 5.57. The monoisotopic (exact) mass is 301 g/mol. The average molecular weight is 302 g/mol. The lowest BCUT2D eigenvalue weighted by molar-refractivity contribution is 0.146. The Kier molecular flexibility index (Phi) is 7.24. The molecule has 0 amide bonds. The summed E-state index contributed by atoms with van der Waals surface area (Å²) in [5.41, 5.74) is 6.78. The van der Waals surface area contributed by atoms with Gasteiger partial charge in [0.05, 0.1) is 11.1 Å². The van der Waals surface area contributed by atoms with E-state index in [0.29, 0.717) is 13.2 Å². The van der Waals surface area contributed by atoms with Gasteiger partial charge in [0, 0.05) is 7.11 Å². The van der Waals surface area contributed by atoms with Crippen LogP contribution in [0.2, 0.25) is 0 Å². The first kappa shape index (κ1) is 14.5. The van der Waals surface area contributed by atoms with Gasteiger partial charge in [0.2, 0.25) is 0 Å². The van der Waals surface area contributed by atoms with Crippen LogP contribution in [0.1, 0.15) is 18.4 Å². The Hall–Kier alpha value is -0.580. The second-order valence-corrected chi connectivity index (χ2v) is 4.71. The van der Waals surface area contributed by atoms with Crippen LogP contribution in [0, 0.1) is 0 Å². The number of rotatable bonds is 8. The van der Waals surface area contributed by atoms with Gasteiger partial charge in [-0.25, -0.2) is 0 Å². The second-order valence-electron chi connectivity index (χ2n) is 3.85. The third-order valence-electron chi connectivity index (χ3n) is 2.46. The van der Waals surface area contributed by atoms with Gasteiger partial charge in [-0.1, -0.05) is 6.07 Å². The van der Waals surface area contributed by atoms with Gasteiger partial charge in [-0.2, -0.15) is 0 Å². The van der Waals surface area contributed by atoms with Gasteiger partial charge in [-0.15, -0.1) is 0 Å². The van der Waals surface area contributed by atoms with Gasteiger partial charge >= 0.3 is 0 Å². The zero-order valence-corrected chi connectivity index (χ0v) is 11.8. The number of nitrogens with two attached hydrogens (primary N) is 1. The highest BCUT2D eigenvalue weighted by atomic mass is 79.9. The van der Waals surface area contributed by atoms with Crippen LogP contribution in [0.25, 0.3) is 0 Å². The molecule has 1 aromatic rings. The number of unbranched alkanes of at least 4 members (excludes halogenated alkanes) is 1. The average Bonchev–Trinajstić information content (AvgIpc) is 2.32. The van der Waals surface area contributed by atoms with E-state index in [4.69, 9.17) is 15.2 Å². The predicted octanol–water partition coefficient (Wildman–Crippen LogP) is 2.76. The van der Waals surface area contributed by atoms with Gasteiger partial charge in [0.1, 0.15) is 12.4 Å². The molecular weight excluding hydrogens is 282 g/mol. The molecule has 1 rings (SSSR count). The second kappa shape index (κ2) is 8.50. The first-order valence-corrected chi connectivity index (χ1v) is 6.67. The van der Waals surface area contributed by atoms with Crippen LogP contribution in [-0.4, -0.2) is 26.9 Å². The fraction of sp³-hybridized carbons (Fsp3) is 0.538. The van der Waals surface area contributed by atoms with Gasteiger partial charge < -0.3 is 15.2 Å². The first-order chi connectivity index (χ1) is 8.27. The summed E-state index contributed by atoms with van der Waals surface area (Å²) in [6, 6.07) is 6.21. The van der Waals surface area contributed by atoms with Crippen molar-refractivity contribution in [2.24, 2.45) is 5.73 Å². The standard InChI is InChI=1S/C13H20BrNO2/c1-16-8-9-17-13-6-5-11(10-12(13)14)4-2-3-7-15/h5-6,10H,2-4,7-9,15H2,1H3. The quantitative estimate of drug-likeness (QED) is 0.751. The van der Waals surface area contributed by atoms with E-state index in [-0.39, 0.29) is 0 Å². The molecule has 0 spiro atoms. The summed E-state index contributed by atoms with van der Waals surface area (Å²) in [6.45, 7) is 1.94. The minimum atomic E-state index is 0.571. The summed E-state index contributed by atoms with van der Waals surface area (Å²) >= 11 is 3.52. The van der Waals surface area contributed by atoms with E-state index in [9.17, 15) is 0 Å². The molecule has 0 aliphatic rings. The van der Waals surface area contributed by atoms with Crippen molar-refractivity contribution in [2.45, 2.75) is 19.3 Å². The van der Waals surface area contributed by atoms with Crippen LogP contribution < -0.4 is 10.5 Å². The highest BCUT2D eigenvalue weighted by Gasteiger charge is 2.02. The SMILES string of the molecule is COCCOc1ccc(CCCCN)cc1Br. The molecule has 0 aliphatic carbocycles. The minimum Gasteiger partial charge on any atom is -0.490 e. The number of benzene rings is 1. The molecule has 0 heterocycles. The minimum absolute atomic E-state index is 0.571. The van der Waals surface area contributed by atoms with E-state index < -0.39 is 0 Å². The molecule has 96 valence electrons. The number of aryl methyl sites for hydroxylation is 1. The molecule has 2 N–H and O–H groups in total. The van der Waals surface area contributed by atoms with Crippen LogP contribution in [0.3, 0.4) is 0 Å². The molecule has 0 bridgehead atoms. The summed E-state index contributed by atoms with van der Waals surface area (Å²) in [7, 11) is 1.67. The van der Waals surface area contributed by atoms with E-state index in [0.717, 1.165) is 36.0 Å². The summed E-state index contributed by atoms with van der Waals surface area (Å²) in [5.74, 6) is 0.865. The Morgan fingerprint density at radius 3 is 2.71 bits per heavy atom. The molecule has 0 atom stereocenters. The van der Waals surface area contributed by atoms with E-state index in [1.165, 1.54) is 5.56 Å². The molecule has 0 saturated heterocycles. The fourth-order valence-electron chi connectivity index (χ4n) is 1.53. The van der Waals surface area contributed by atoms with Crippen LogP contribution in [0.4, 0.5) is 0 Å². The van der Waals surface area contributed by atoms with Gasteiger partial charge in [-0.05, 0) is 59.4 Å². The lowest BCUT2D eigenvalue weighted by atomic mass is 10.1. The molecule has 3 nitrogen and oxygen atoms in total. The number of methoxy groups -OCH3 is 1. The maximum atomic E-state index is 5.57. The van der Waals surface area contributed by atoms with Crippen molar-refractivity contribution in [1.29, 1.82) is 0 Å². The molecule has 1 aromatic carbocycles. The topological polar surface area (TPSA) is 44.5 Å². The highest BCUT2D eigenvalue weighted by molar-refractivity contribution is 9.10. The van der Waals surface area contributed by atoms with E-state index >= 15 is 0 Å². The molecule has 0 unspecified atom stereocenters. The third kappa shape index (κ3) is 5.52. The van der Waals surface area contributed by atoms with E-state index in [1.807, 2.05) is 6.07 Å². The molecule has 0 radical (unpaired) electrons. The van der Waals surface area contributed by atoms with Crippen LogP contribution in [0.5, 0.6) is 5.75 Å². The fourth-order valence-corrected chi connectivity index (χ4v) is 2.07. The van der Waals surface area contributed by atoms with Crippen molar-refractivity contribution in [3.8, 4) is 5.75 Å². The van der Waals surface area contributed by atoms with Gasteiger partial charge in [0.25, 0.3) is 0 Å². The van der Waals surface area contributed by atoms with Crippen molar-refractivity contribution in [1.82, 2.24) is 0 Å². The summed E-state index contributed by atoms with van der Waals surface area (Å²) in [6.07, 6.45) is 3.27. The van der Waals surface area contributed by atoms with Crippen LogP contribution in [0.15, 0.2) is 22.7 Å². The number of halogens is 1. The lowest BCUT2D eigenvalue weighted by Gasteiger charge is -2.09. The largest absolute Gasteiger partial charge is 0.490 e. The molecule has 0 aliphatic heterocycles. The predicted molar refractivity (Wildman–Crippen MR) is 73.5 cm³/mol. The zero-order chi connectivity index (χ0) is 12.5. The lowest BCUT2D eigenvalue weighted by Crippen LogP contribution is -2.04. The molecule has 0 fully saturated rings. The Balaban J connectivity index is 2.47. The van der Waals surface area contributed by atoms with Gasteiger partial charge in [-0.3, -0.25) is 0 Å². The number of hydrogen-bond acceptors (Lipinski definition) is 3. The van der Waals surface area contributed by atoms with Crippen molar-refractivity contribution in [3.05, 3.63) is 28.2 Å². The summed E-state index contributed by atoms with van der Waals surface area (Å²) in [4.78, 5) is 0. The van der Waals surface area contributed by atoms with Gasteiger partial charge in [0.15, 0.2) is 0 Å². The maximum Gasteiger partial charge on any atom is 0.133 e. The first-order valence-electron chi connectivity index (χ1n) is 5.88. The highest BCUT2D eigenvalue weighted by Crippen LogP contribution is 2.26. The molecule has 0 saturated carbocycles. The smallest absolute Gasteiger partial charge is 0.133 e. The van der Waals surface area contributed by atoms with Crippen molar-refractivity contribution in [2.75, 3.05) is 26.9 Å². The third-order valence-corrected chi connectivity index (χ3v) is 3.08. The number of ether oxygens (including phenoxy) is 2. The van der Waals surface area contributed by atoms with Crippen LogP contribution in [-0.2, 0) is 11.2 Å². The van der Waals surface area contributed by atoms with Crippen molar-refractivity contribution >= 4 is 15.9 Å². The number of hydrogen-bond donors (Lipinski definition) is 1. The molecule has 0 aromatic heterocycles. The Labute approximate surface area is 111 Å². The normalized spacial score (nSPS) is 10.5.